The number of carbonyl (C=O) groups is 1. The summed E-state index contributed by atoms with van der Waals surface area (Å²) in [4.78, 5) is 23.8. The van der Waals surface area contributed by atoms with Crippen molar-refractivity contribution >= 4 is 46.4 Å². The van der Waals surface area contributed by atoms with Crippen LogP contribution in [0.2, 0.25) is 10.0 Å². The van der Waals surface area contributed by atoms with Crippen molar-refractivity contribution in [2.24, 2.45) is 0 Å². The highest BCUT2D eigenvalue weighted by atomic mass is 35.5. The quantitative estimate of drug-likeness (QED) is 0.671. The molecular weight excluding hydrogens is 383 g/mol. The molecule has 0 aliphatic carbocycles. The Morgan fingerprint density at radius 1 is 1.11 bits per heavy atom. The van der Waals surface area contributed by atoms with E-state index in [1.807, 2.05) is 30.0 Å². The second kappa shape index (κ2) is 7.18. The van der Waals surface area contributed by atoms with Crippen LogP contribution in [0, 0.1) is 6.92 Å². The Labute approximate surface area is 167 Å². The maximum atomic E-state index is 12.7. The van der Waals surface area contributed by atoms with Crippen molar-refractivity contribution in [3.05, 3.63) is 75.5 Å². The van der Waals surface area contributed by atoms with Crippen LogP contribution in [-0.2, 0) is 6.42 Å². The fraction of sp³-hybridized carbons (Fsp3) is 0.150. The standard InChI is InChI=1S/C20H16Cl2N4O/c1-12-11-16(19(27)24-15-7-4-6-14(21)18(15)22)25-20(23-12)26-10-9-13-5-2-3-8-17(13)26/h2-8,11H,9-10H2,1H3,(H,24,27). The molecular formula is C20H16Cl2N4O. The summed E-state index contributed by atoms with van der Waals surface area (Å²) in [7, 11) is 0. The molecule has 0 spiro atoms. The van der Waals surface area contributed by atoms with Crippen molar-refractivity contribution in [3.63, 3.8) is 0 Å². The second-order valence-electron chi connectivity index (χ2n) is 6.28. The van der Waals surface area contributed by atoms with Gasteiger partial charge in [-0.2, -0.15) is 0 Å². The van der Waals surface area contributed by atoms with E-state index in [4.69, 9.17) is 23.2 Å². The Morgan fingerprint density at radius 2 is 1.93 bits per heavy atom. The van der Waals surface area contributed by atoms with E-state index >= 15 is 0 Å². The van der Waals surface area contributed by atoms with Gasteiger partial charge in [0.1, 0.15) is 5.69 Å². The number of halogens is 2. The van der Waals surface area contributed by atoms with Gasteiger partial charge in [-0.3, -0.25) is 4.79 Å². The lowest BCUT2D eigenvalue weighted by atomic mass is 10.2. The number of carbonyl (C=O) groups excluding carboxylic acids is 1. The fourth-order valence-corrected chi connectivity index (χ4v) is 3.47. The molecule has 0 bridgehead atoms. The predicted octanol–water partition coefficient (Wildman–Crippen LogP) is 5.04. The van der Waals surface area contributed by atoms with Crippen LogP contribution < -0.4 is 10.2 Å². The highest BCUT2D eigenvalue weighted by Gasteiger charge is 2.23. The number of para-hydroxylation sites is 1. The van der Waals surface area contributed by atoms with E-state index in [-0.39, 0.29) is 11.6 Å². The zero-order chi connectivity index (χ0) is 19.0. The van der Waals surface area contributed by atoms with Gasteiger partial charge in [-0.05, 0) is 43.2 Å². The van der Waals surface area contributed by atoms with Crippen molar-refractivity contribution < 1.29 is 4.79 Å². The molecule has 136 valence electrons. The largest absolute Gasteiger partial charge is 0.319 e. The minimum atomic E-state index is -0.363. The molecule has 1 amide bonds. The van der Waals surface area contributed by atoms with Gasteiger partial charge >= 0.3 is 0 Å². The number of aryl methyl sites for hydroxylation is 1. The van der Waals surface area contributed by atoms with Gasteiger partial charge in [0.25, 0.3) is 5.91 Å². The van der Waals surface area contributed by atoms with Crippen LogP contribution in [0.5, 0.6) is 0 Å². The zero-order valence-corrected chi connectivity index (χ0v) is 16.1. The summed E-state index contributed by atoms with van der Waals surface area (Å²) in [5.41, 5.74) is 3.76. The van der Waals surface area contributed by atoms with E-state index in [0.717, 1.165) is 18.7 Å². The van der Waals surface area contributed by atoms with Gasteiger partial charge in [0.15, 0.2) is 0 Å². The van der Waals surface area contributed by atoms with Crippen LogP contribution in [-0.4, -0.2) is 22.4 Å². The monoisotopic (exact) mass is 398 g/mol. The van der Waals surface area contributed by atoms with Gasteiger partial charge in [0.2, 0.25) is 5.95 Å². The number of anilines is 3. The molecule has 2 heterocycles. The first-order valence-electron chi connectivity index (χ1n) is 8.49. The summed E-state index contributed by atoms with van der Waals surface area (Å²) in [6.45, 7) is 2.63. The maximum absolute atomic E-state index is 12.7. The van der Waals surface area contributed by atoms with Gasteiger partial charge < -0.3 is 10.2 Å². The van der Waals surface area contributed by atoms with Crippen LogP contribution >= 0.6 is 23.2 Å². The molecule has 4 rings (SSSR count). The van der Waals surface area contributed by atoms with Crippen LogP contribution in [0.15, 0.2) is 48.5 Å². The summed E-state index contributed by atoms with van der Waals surface area (Å²) in [6.07, 6.45) is 0.924. The Morgan fingerprint density at radius 3 is 2.78 bits per heavy atom. The Bertz CT molecular complexity index is 1040. The molecule has 0 radical (unpaired) electrons. The van der Waals surface area contributed by atoms with Crippen molar-refractivity contribution in [1.82, 2.24) is 9.97 Å². The predicted molar refractivity (Wildman–Crippen MR) is 108 cm³/mol. The number of amides is 1. The smallest absolute Gasteiger partial charge is 0.274 e. The highest BCUT2D eigenvalue weighted by molar-refractivity contribution is 6.44. The molecule has 3 aromatic rings. The van der Waals surface area contributed by atoms with Gasteiger partial charge in [-0.1, -0.05) is 47.5 Å². The fourth-order valence-electron chi connectivity index (χ4n) is 3.12. The van der Waals surface area contributed by atoms with Crippen molar-refractivity contribution in [1.29, 1.82) is 0 Å². The first-order chi connectivity index (χ1) is 13.0. The number of nitrogens with one attached hydrogen (secondary N) is 1. The normalized spacial score (nSPS) is 12.8. The van der Waals surface area contributed by atoms with E-state index in [2.05, 4.69) is 21.4 Å². The number of nitrogens with zero attached hydrogens (tertiary/aromatic N) is 3. The molecule has 1 aliphatic rings. The maximum Gasteiger partial charge on any atom is 0.274 e. The summed E-state index contributed by atoms with van der Waals surface area (Å²) in [6, 6.07) is 14.9. The molecule has 0 saturated carbocycles. The minimum Gasteiger partial charge on any atom is -0.319 e. The van der Waals surface area contributed by atoms with E-state index in [1.54, 1.807) is 24.3 Å². The number of hydrogen-bond acceptors (Lipinski definition) is 4. The third kappa shape index (κ3) is 3.48. The van der Waals surface area contributed by atoms with Crippen LogP contribution in [0.1, 0.15) is 21.7 Å². The minimum absolute atomic E-state index is 0.276. The van der Waals surface area contributed by atoms with Crippen molar-refractivity contribution in [2.75, 3.05) is 16.8 Å². The number of aromatic nitrogens is 2. The lowest BCUT2D eigenvalue weighted by molar-refractivity contribution is 0.102. The zero-order valence-electron chi connectivity index (χ0n) is 14.5. The van der Waals surface area contributed by atoms with Gasteiger partial charge in [0.05, 0.1) is 15.7 Å². The van der Waals surface area contributed by atoms with Gasteiger partial charge in [-0.15, -0.1) is 0 Å². The topological polar surface area (TPSA) is 58.1 Å². The molecule has 5 nitrogen and oxygen atoms in total. The number of rotatable bonds is 3. The SMILES string of the molecule is Cc1cc(C(=O)Nc2cccc(Cl)c2Cl)nc(N2CCc3ccccc32)n1. The third-order valence-electron chi connectivity index (χ3n) is 4.40. The Kier molecular flexibility index (Phi) is 4.72. The van der Waals surface area contributed by atoms with Crippen molar-refractivity contribution in [2.45, 2.75) is 13.3 Å². The van der Waals surface area contributed by atoms with Crippen molar-refractivity contribution in [3.8, 4) is 0 Å². The molecule has 1 N–H and O–H groups in total. The van der Waals surface area contributed by atoms with Gasteiger partial charge in [0, 0.05) is 17.9 Å². The average Bonchev–Trinajstić information content (AvgIpc) is 3.09. The van der Waals surface area contributed by atoms with E-state index in [9.17, 15) is 4.79 Å². The summed E-state index contributed by atoms with van der Waals surface area (Å²) in [5, 5.41) is 3.44. The molecule has 7 heteroatoms. The molecule has 27 heavy (non-hydrogen) atoms. The van der Waals surface area contributed by atoms with Crippen LogP contribution in [0.25, 0.3) is 0 Å². The molecule has 0 fully saturated rings. The second-order valence-corrected chi connectivity index (χ2v) is 7.07. The van der Waals surface area contributed by atoms with E-state index in [0.29, 0.717) is 27.4 Å². The van der Waals surface area contributed by atoms with E-state index < -0.39 is 0 Å². The Balaban J connectivity index is 1.65. The van der Waals surface area contributed by atoms with Crippen LogP contribution in [0.3, 0.4) is 0 Å². The number of benzene rings is 2. The molecule has 1 aliphatic heterocycles. The Hall–Kier alpha value is -2.63. The lowest BCUT2D eigenvalue weighted by Gasteiger charge is -2.18. The van der Waals surface area contributed by atoms with Crippen LogP contribution in [0.4, 0.5) is 17.3 Å². The molecule has 0 saturated heterocycles. The highest BCUT2D eigenvalue weighted by Crippen LogP contribution is 2.33. The summed E-state index contributed by atoms with van der Waals surface area (Å²) in [5.74, 6) is 0.153. The average molecular weight is 399 g/mol. The van der Waals surface area contributed by atoms with Gasteiger partial charge in [-0.25, -0.2) is 9.97 Å². The molecule has 0 atom stereocenters. The van der Waals surface area contributed by atoms with E-state index in [1.165, 1.54) is 5.56 Å². The summed E-state index contributed by atoms with van der Waals surface area (Å²) >= 11 is 12.2. The lowest BCUT2D eigenvalue weighted by Crippen LogP contribution is -2.20. The number of fused-ring (bicyclic) bond motifs is 1. The molecule has 0 unspecified atom stereocenters. The first kappa shape index (κ1) is 17.8. The summed E-state index contributed by atoms with van der Waals surface area (Å²) < 4.78 is 0. The molecule has 1 aromatic heterocycles. The first-order valence-corrected chi connectivity index (χ1v) is 9.25. The molecule has 2 aromatic carbocycles. The third-order valence-corrected chi connectivity index (χ3v) is 5.22. The number of hydrogen-bond donors (Lipinski definition) is 1.